The maximum Gasteiger partial charge on any atom is 0.228 e. The van der Waals surface area contributed by atoms with E-state index in [0.29, 0.717) is 0 Å². The zero-order valence-corrected chi connectivity index (χ0v) is 15.4. The van der Waals surface area contributed by atoms with Gasteiger partial charge in [-0.25, -0.2) is 0 Å². The van der Waals surface area contributed by atoms with E-state index >= 15 is 0 Å². The van der Waals surface area contributed by atoms with E-state index < -0.39 is 8.32 Å². The molecule has 0 saturated carbocycles. The highest BCUT2D eigenvalue weighted by molar-refractivity contribution is 6.74. The van der Waals surface area contributed by atoms with Gasteiger partial charge in [0.2, 0.25) is 5.91 Å². The number of aliphatic hydroxyl groups excluding tert-OH is 1. The topological polar surface area (TPSA) is 58.6 Å². The Balaban J connectivity index is 2.74. The molecule has 1 rings (SSSR count). The van der Waals surface area contributed by atoms with E-state index in [1.165, 1.54) is 0 Å². The van der Waals surface area contributed by atoms with Gasteiger partial charge in [-0.1, -0.05) is 39.8 Å². The van der Waals surface area contributed by atoms with Crippen LogP contribution in [0.5, 0.6) is 0 Å². The molecule has 21 heavy (non-hydrogen) atoms. The molecule has 0 aromatic rings. The third kappa shape index (κ3) is 4.17. The monoisotopic (exact) mass is 313 g/mol. The van der Waals surface area contributed by atoms with Crippen LogP contribution in [0.25, 0.3) is 0 Å². The van der Waals surface area contributed by atoms with Gasteiger partial charge in [0.15, 0.2) is 8.32 Å². The Hall–Kier alpha value is -0.653. The Morgan fingerprint density at radius 2 is 1.95 bits per heavy atom. The Labute approximate surface area is 130 Å². The molecule has 1 aliphatic rings. The van der Waals surface area contributed by atoms with Gasteiger partial charge in [-0.2, -0.15) is 0 Å². The zero-order valence-electron chi connectivity index (χ0n) is 14.4. The highest BCUT2D eigenvalue weighted by Gasteiger charge is 2.48. The number of carbonyl (C=O) groups is 1. The molecule has 4 atom stereocenters. The number of hydrogen-bond donors (Lipinski definition) is 2. The standard InChI is InChI=1S/C16H31NO3Si/c1-11(9-8-10-18)14-13(15(19)17-14)12(2)20-21(6,7)16(3,4)5/h8-9,11-14,18H,10H2,1-7H3,(H,17,19)/b9-8+/t11-,12+,13+,14+/m0/s1. The molecule has 5 heteroatoms. The molecule has 0 radical (unpaired) electrons. The molecule has 1 fully saturated rings. The molecule has 0 spiro atoms. The number of hydrogen-bond acceptors (Lipinski definition) is 3. The van der Waals surface area contributed by atoms with Crippen LogP contribution in [-0.4, -0.2) is 38.1 Å². The summed E-state index contributed by atoms with van der Waals surface area (Å²) < 4.78 is 6.37. The molecule has 122 valence electrons. The lowest BCUT2D eigenvalue weighted by Gasteiger charge is -2.46. The molecule has 1 aliphatic heterocycles. The number of nitrogens with one attached hydrogen (secondary N) is 1. The van der Waals surface area contributed by atoms with Gasteiger partial charge in [0.1, 0.15) is 0 Å². The molecule has 1 heterocycles. The van der Waals surface area contributed by atoms with Crippen LogP contribution in [-0.2, 0) is 9.22 Å². The van der Waals surface area contributed by atoms with Crippen LogP contribution in [0.4, 0.5) is 0 Å². The van der Waals surface area contributed by atoms with Gasteiger partial charge in [0.25, 0.3) is 0 Å². The Morgan fingerprint density at radius 1 is 1.38 bits per heavy atom. The van der Waals surface area contributed by atoms with Crippen LogP contribution >= 0.6 is 0 Å². The maximum atomic E-state index is 11.9. The summed E-state index contributed by atoms with van der Waals surface area (Å²) in [6, 6.07) is 0.0973. The molecule has 0 aromatic carbocycles. The van der Waals surface area contributed by atoms with Crippen molar-refractivity contribution in [1.82, 2.24) is 5.32 Å². The summed E-state index contributed by atoms with van der Waals surface area (Å²) in [5.41, 5.74) is 0. The molecular formula is C16H31NO3Si. The van der Waals surface area contributed by atoms with E-state index in [-0.39, 0.29) is 41.5 Å². The minimum absolute atomic E-state index is 0.0334. The lowest BCUT2D eigenvalue weighted by molar-refractivity contribution is -0.141. The average molecular weight is 314 g/mol. The van der Waals surface area contributed by atoms with Gasteiger partial charge >= 0.3 is 0 Å². The van der Waals surface area contributed by atoms with Crippen molar-refractivity contribution in [3.8, 4) is 0 Å². The van der Waals surface area contributed by atoms with Crippen LogP contribution < -0.4 is 5.32 Å². The second kappa shape index (κ2) is 6.63. The van der Waals surface area contributed by atoms with E-state index in [0.717, 1.165) is 0 Å². The number of rotatable bonds is 6. The molecule has 0 bridgehead atoms. The summed E-state index contributed by atoms with van der Waals surface area (Å²) >= 11 is 0. The molecule has 4 nitrogen and oxygen atoms in total. The predicted molar refractivity (Wildman–Crippen MR) is 88.6 cm³/mol. The van der Waals surface area contributed by atoms with Crippen molar-refractivity contribution in [2.75, 3.05) is 6.61 Å². The van der Waals surface area contributed by atoms with Crippen molar-refractivity contribution in [2.24, 2.45) is 11.8 Å². The van der Waals surface area contributed by atoms with Crippen LogP contribution in [0.1, 0.15) is 34.6 Å². The van der Waals surface area contributed by atoms with Crippen LogP contribution in [0.3, 0.4) is 0 Å². The summed E-state index contributed by atoms with van der Waals surface area (Å²) in [5.74, 6) is 0.179. The second-order valence-electron chi connectivity index (χ2n) is 7.61. The maximum absolute atomic E-state index is 11.9. The third-order valence-corrected chi connectivity index (χ3v) is 9.48. The summed E-state index contributed by atoms with van der Waals surface area (Å²) in [5, 5.41) is 12.0. The molecule has 1 saturated heterocycles. The van der Waals surface area contributed by atoms with Crippen molar-refractivity contribution < 1.29 is 14.3 Å². The molecule has 0 aliphatic carbocycles. The van der Waals surface area contributed by atoms with E-state index in [4.69, 9.17) is 9.53 Å². The quantitative estimate of drug-likeness (QED) is 0.450. The van der Waals surface area contributed by atoms with Crippen LogP contribution in [0, 0.1) is 11.8 Å². The highest BCUT2D eigenvalue weighted by atomic mass is 28.4. The fourth-order valence-corrected chi connectivity index (χ4v) is 3.92. The smallest absolute Gasteiger partial charge is 0.228 e. The molecule has 0 unspecified atom stereocenters. The van der Waals surface area contributed by atoms with Gasteiger partial charge in [0.05, 0.1) is 18.6 Å². The minimum atomic E-state index is -1.87. The summed E-state index contributed by atoms with van der Waals surface area (Å²) in [4.78, 5) is 11.9. The average Bonchev–Trinajstić information content (AvgIpc) is 2.30. The van der Waals surface area contributed by atoms with E-state index in [9.17, 15) is 4.79 Å². The summed E-state index contributed by atoms with van der Waals surface area (Å²) in [7, 11) is -1.87. The van der Waals surface area contributed by atoms with Crippen molar-refractivity contribution >= 4 is 14.2 Å². The van der Waals surface area contributed by atoms with Crippen molar-refractivity contribution in [3.05, 3.63) is 12.2 Å². The Morgan fingerprint density at radius 3 is 2.38 bits per heavy atom. The van der Waals surface area contributed by atoms with Crippen LogP contribution in [0.15, 0.2) is 12.2 Å². The van der Waals surface area contributed by atoms with E-state index in [2.05, 4.69) is 46.1 Å². The first-order valence-electron chi connectivity index (χ1n) is 7.77. The normalized spacial score (nSPS) is 26.4. The molecular weight excluding hydrogens is 282 g/mol. The first kappa shape index (κ1) is 18.4. The first-order chi connectivity index (χ1) is 9.51. The first-order valence-corrected chi connectivity index (χ1v) is 10.7. The van der Waals surface area contributed by atoms with Gasteiger partial charge < -0.3 is 14.8 Å². The van der Waals surface area contributed by atoms with Gasteiger partial charge in [-0.05, 0) is 31.0 Å². The Kier molecular flexibility index (Phi) is 5.81. The largest absolute Gasteiger partial charge is 0.413 e. The third-order valence-electron chi connectivity index (χ3n) is 4.90. The minimum Gasteiger partial charge on any atom is -0.413 e. The van der Waals surface area contributed by atoms with Crippen molar-refractivity contribution in [2.45, 2.75) is 64.9 Å². The van der Waals surface area contributed by atoms with E-state index in [1.54, 1.807) is 6.08 Å². The fourth-order valence-electron chi connectivity index (χ4n) is 2.49. The molecule has 1 amide bonds. The number of amides is 1. The second-order valence-corrected chi connectivity index (χ2v) is 12.4. The predicted octanol–water partition coefficient (Wildman–Crippen LogP) is 2.70. The number of carbonyl (C=O) groups excluding carboxylic acids is 1. The highest BCUT2D eigenvalue weighted by Crippen LogP contribution is 2.39. The van der Waals surface area contributed by atoms with Gasteiger partial charge in [-0.15, -0.1) is 0 Å². The lowest BCUT2D eigenvalue weighted by Crippen LogP contribution is -2.65. The summed E-state index contributed by atoms with van der Waals surface area (Å²) in [6.45, 7) is 15.1. The van der Waals surface area contributed by atoms with Crippen molar-refractivity contribution in [1.29, 1.82) is 0 Å². The Bertz CT molecular complexity index is 401. The molecule has 2 N–H and O–H groups in total. The number of aliphatic hydroxyl groups is 1. The fraction of sp³-hybridized carbons (Fsp3) is 0.812. The zero-order chi connectivity index (χ0) is 16.4. The van der Waals surface area contributed by atoms with Crippen molar-refractivity contribution in [3.63, 3.8) is 0 Å². The summed E-state index contributed by atoms with van der Waals surface area (Å²) in [6.07, 6.45) is 3.61. The van der Waals surface area contributed by atoms with E-state index in [1.807, 2.05) is 13.0 Å². The molecule has 0 aromatic heterocycles. The van der Waals surface area contributed by atoms with Gasteiger partial charge in [0, 0.05) is 6.04 Å². The lowest BCUT2D eigenvalue weighted by atomic mass is 9.79. The van der Waals surface area contributed by atoms with Crippen LogP contribution in [0.2, 0.25) is 18.1 Å². The SMILES string of the molecule is C[C@@H](/C=C/CO)[C@H]1NC(=O)[C@@H]1[C@@H](C)O[Si](C)(C)C(C)(C)C. The van der Waals surface area contributed by atoms with Gasteiger partial charge in [-0.3, -0.25) is 4.79 Å². The number of β-lactam (4-membered cyclic amide) rings is 1.